The Bertz CT molecular complexity index is 754. The molecule has 0 spiro atoms. The van der Waals surface area contributed by atoms with Gasteiger partial charge in [-0.15, -0.1) is 35.7 Å². The van der Waals surface area contributed by atoms with Crippen LogP contribution in [0, 0.1) is 0 Å². The predicted molar refractivity (Wildman–Crippen MR) is 130 cm³/mol. The lowest BCUT2D eigenvalue weighted by atomic mass is 10.1. The first kappa shape index (κ1) is 24.6. The van der Waals surface area contributed by atoms with Gasteiger partial charge in [0.1, 0.15) is 0 Å². The fourth-order valence-corrected chi connectivity index (χ4v) is 3.18. The number of nitrogens with one attached hydrogen (secondary N) is 3. The van der Waals surface area contributed by atoms with Gasteiger partial charge in [-0.1, -0.05) is 23.7 Å². The van der Waals surface area contributed by atoms with E-state index >= 15 is 0 Å². The number of benzene rings is 2. The number of aliphatic imine (C=N–C) groups is 1. The van der Waals surface area contributed by atoms with Gasteiger partial charge in [0.05, 0.1) is 6.54 Å². The van der Waals surface area contributed by atoms with Crippen molar-refractivity contribution in [2.75, 3.05) is 25.9 Å². The highest BCUT2D eigenvalue weighted by Gasteiger charge is 2.03. The molecule has 0 radical (unpaired) electrons. The molecule has 0 bridgehead atoms. The van der Waals surface area contributed by atoms with E-state index in [2.05, 4.69) is 20.9 Å². The van der Waals surface area contributed by atoms with Crippen molar-refractivity contribution in [2.45, 2.75) is 18.4 Å². The number of rotatable bonds is 8. The van der Waals surface area contributed by atoms with Gasteiger partial charge in [-0.05, 0) is 48.9 Å². The lowest BCUT2D eigenvalue weighted by molar-refractivity contribution is 0.0963. The summed E-state index contributed by atoms with van der Waals surface area (Å²) >= 11 is 7.67. The van der Waals surface area contributed by atoms with Gasteiger partial charge < -0.3 is 16.0 Å². The Morgan fingerprint density at radius 2 is 1.75 bits per heavy atom. The van der Waals surface area contributed by atoms with Crippen molar-refractivity contribution < 1.29 is 4.79 Å². The van der Waals surface area contributed by atoms with Crippen molar-refractivity contribution in [1.82, 2.24) is 16.0 Å². The van der Waals surface area contributed by atoms with Crippen LogP contribution in [0.3, 0.4) is 0 Å². The number of carbonyl (C=O) groups excluding carboxylic acids is 1. The van der Waals surface area contributed by atoms with Crippen molar-refractivity contribution in [3.8, 4) is 0 Å². The van der Waals surface area contributed by atoms with Crippen LogP contribution in [0.2, 0.25) is 5.02 Å². The van der Waals surface area contributed by atoms with E-state index in [0.717, 1.165) is 35.4 Å². The summed E-state index contributed by atoms with van der Waals surface area (Å²) in [6.07, 6.45) is 0. The van der Waals surface area contributed by atoms with Crippen molar-refractivity contribution in [1.29, 1.82) is 0 Å². The monoisotopic (exact) mass is 532 g/mol. The molecule has 0 fully saturated rings. The van der Waals surface area contributed by atoms with Crippen LogP contribution >= 0.6 is 47.3 Å². The van der Waals surface area contributed by atoms with Crippen molar-refractivity contribution >= 4 is 59.2 Å². The van der Waals surface area contributed by atoms with Crippen molar-refractivity contribution in [2.24, 2.45) is 4.99 Å². The minimum absolute atomic E-state index is 0. The predicted octanol–water partition coefficient (Wildman–Crippen LogP) is 4.17. The van der Waals surface area contributed by atoms with E-state index < -0.39 is 0 Å². The molecule has 2 aromatic carbocycles. The Morgan fingerprint density at radius 1 is 1.07 bits per heavy atom. The lowest BCUT2D eigenvalue weighted by Crippen LogP contribution is -2.38. The van der Waals surface area contributed by atoms with Crippen molar-refractivity contribution in [3.63, 3.8) is 0 Å². The first-order chi connectivity index (χ1) is 13.1. The quantitative estimate of drug-likeness (QED) is 0.157. The number of thioether (sulfide) groups is 1. The smallest absolute Gasteiger partial charge is 0.251 e. The zero-order valence-electron chi connectivity index (χ0n) is 16.0. The van der Waals surface area contributed by atoms with Crippen LogP contribution in [0.15, 0.2) is 58.4 Å². The van der Waals surface area contributed by atoms with Gasteiger partial charge in [0.2, 0.25) is 0 Å². The molecule has 152 valence electrons. The second kappa shape index (κ2) is 13.7. The molecule has 0 aromatic heterocycles. The normalized spacial score (nSPS) is 10.8. The fraction of sp³-hybridized carbons (Fsp3) is 0.300. The van der Waals surface area contributed by atoms with Gasteiger partial charge in [0.25, 0.3) is 5.91 Å². The minimum atomic E-state index is -0.0850. The second-order valence-corrected chi connectivity index (χ2v) is 7.31. The van der Waals surface area contributed by atoms with E-state index in [1.165, 1.54) is 4.90 Å². The molecule has 0 saturated carbocycles. The average Bonchev–Trinajstić information content (AvgIpc) is 2.70. The van der Waals surface area contributed by atoms with E-state index in [9.17, 15) is 4.79 Å². The van der Waals surface area contributed by atoms with Gasteiger partial charge in [-0.25, -0.2) is 4.99 Å². The molecule has 0 heterocycles. The number of guanidine groups is 1. The summed E-state index contributed by atoms with van der Waals surface area (Å²) in [5, 5.41) is 9.95. The van der Waals surface area contributed by atoms with Crippen LogP contribution < -0.4 is 16.0 Å². The summed E-state index contributed by atoms with van der Waals surface area (Å²) in [6.45, 7) is 4.19. The molecule has 2 aromatic rings. The number of carbonyl (C=O) groups is 1. The zero-order valence-corrected chi connectivity index (χ0v) is 19.9. The number of amides is 1. The van der Waals surface area contributed by atoms with E-state index in [-0.39, 0.29) is 29.9 Å². The van der Waals surface area contributed by atoms with E-state index in [1.54, 1.807) is 18.8 Å². The molecule has 0 atom stereocenters. The Balaban J connectivity index is 0.00000392. The maximum atomic E-state index is 11.6. The number of halogens is 2. The maximum absolute atomic E-state index is 11.6. The number of hydrogen-bond donors (Lipinski definition) is 3. The van der Waals surface area contributed by atoms with E-state index in [1.807, 2.05) is 55.5 Å². The maximum Gasteiger partial charge on any atom is 0.251 e. The Labute approximate surface area is 193 Å². The molecule has 0 unspecified atom stereocenters. The second-order valence-electron chi connectivity index (χ2n) is 5.70. The molecular formula is C20H26ClIN4OS. The Kier molecular flexibility index (Phi) is 12.0. The third-order valence-electron chi connectivity index (χ3n) is 3.68. The van der Waals surface area contributed by atoms with E-state index in [0.29, 0.717) is 12.1 Å². The molecule has 0 aliphatic heterocycles. The SMILES string of the molecule is CCNC(=NCc1ccc(C(=O)NC)cc1)NCCSc1ccc(Cl)cc1.I. The van der Waals surface area contributed by atoms with Crippen LogP contribution in [0.25, 0.3) is 0 Å². The summed E-state index contributed by atoms with van der Waals surface area (Å²) in [5.41, 5.74) is 1.70. The van der Waals surface area contributed by atoms with Crippen LogP contribution in [0.1, 0.15) is 22.8 Å². The van der Waals surface area contributed by atoms with Crippen LogP contribution in [-0.4, -0.2) is 37.8 Å². The number of nitrogens with zero attached hydrogens (tertiary/aromatic N) is 1. The molecule has 28 heavy (non-hydrogen) atoms. The summed E-state index contributed by atoms with van der Waals surface area (Å²) < 4.78 is 0. The molecule has 8 heteroatoms. The van der Waals surface area contributed by atoms with Crippen molar-refractivity contribution in [3.05, 3.63) is 64.7 Å². The average molecular weight is 533 g/mol. The summed E-state index contributed by atoms with van der Waals surface area (Å²) in [4.78, 5) is 17.4. The van der Waals surface area contributed by atoms with Gasteiger partial charge in [-0.2, -0.15) is 0 Å². The van der Waals surface area contributed by atoms with Gasteiger partial charge in [0.15, 0.2) is 5.96 Å². The minimum Gasteiger partial charge on any atom is -0.357 e. The summed E-state index contributed by atoms with van der Waals surface area (Å²) in [6, 6.07) is 15.3. The zero-order chi connectivity index (χ0) is 19.5. The Morgan fingerprint density at radius 3 is 2.36 bits per heavy atom. The Hall–Kier alpha value is -1.45. The molecular weight excluding hydrogens is 507 g/mol. The van der Waals surface area contributed by atoms with Crippen LogP contribution in [-0.2, 0) is 6.54 Å². The van der Waals surface area contributed by atoms with Crippen LogP contribution in [0.4, 0.5) is 0 Å². The fourth-order valence-electron chi connectivity index (χ4n) is 2.29. The molecule has 0 aliphatic carbocycles. The first-order valence-corrected chi connectivity index (χ1v) is 10.2. The molecule has 0 saturated heterocycles. The summed E-state index contributed by atoms with van der Waals surface area (Å²) in [5.74, 6) is 1.62. The lowest BCUT2D eigenvalue weighted by Gasteiger charge is -2.11. The molecule has 1 amide bonds. The summed E-state index contributed by atoms with van der Waals surface area (Å²) in [7, 11) is 1.63. The highest BCUT2D eigenvalue weighted by Crippen LogP contribution is 2.19. The third-order valence-corrected chi connectivity index (χ3v) is 4.95. The largest absolute Gasteiger partial charge is 0.357 e. The molecule has 5 nitrogen and oxygen atoms in total. The third kappa shape index (κ3) is 8.70. The van der Waals surface area contributed by atoms with Gasteiger partial charge in [-0.3, -0.25) is 4.79 Å². The standard InChI is InChI=1S/C20H25ClN4OS.HI/c1-3-23-20(24-12-13-27-18-10-8-17(21)9-11-18)25-14-15-4-6-16(7-5-15)19(26)22-2;/h4-11H,3,12-14H2,1-2H3,(H,22,26)(H2,23,24,25);1H. The van der Waals surface area contributed by atoms with E-state index in [4.69, 9.17) is 11.6 Å². The highest BCUT2D eigenvalue weighted by molar-refractivity contribution is 14.0. The van der Waals surface area contributed by atoms with Crippen LogP contribution in [0.5, 0.6) is 0 Å². The topological polar surface area (TPSA) is 65.5 Å². The highest BCUT2D eigenvalue weighted by atomic mass is 127. The van der Waals surface area contributed by atoms with Gasteiger partial charge in [0, 0.05) is 41.4 Å². The number of hydrogen-bond acceptors (Lipinski definition) is 3. The molecule has 2 rings (SSSR count). The first-order valence-electron chi connectivity index (χ1n) is 8.84. The molecule has 3 N–H and O–H groups in total. The molecule has 0 aliphatic rings. The van der Waals surface area contributed by atoms with Gasteiger partial charge >= 0.3 is 0 Å².